The van der Waals surface area contributed by atoms with E-state index in [-0.39, 0.29) is 12.3 Å². The van der Waals surface area contributed by atoms with Gasteiger partial charge in [-0.2, -0.15) is 0 Å². The Kier molecular flexibility index (Phi) is 5.65. The van der Waals surface area contributed by atoms with Crippen molar-refractivity contribution in [2.24, 2.45) is 0 Å². The van der Waals surface area contributed by atoms with E-state index in [1.165, 1.54) is 12.1 Å². The molecular formula is C22H19AsF3N7O. The number of para-hydroxylation sites is 1. The summed E-state index contributed by atoms with van der Waals surface area (Å²) in [5, 5.41) is 11.7. The van der Waals surface area contributed by atoms with Gasteiger partial charge in [0.15, 0.2) is 0 Å². The second-order valence-corrected chi connectivity index (χ2v) is 10.3. The van der Waals surface area contributed by atoms with Crippen LogP contribution in [0.15, 0.2) is 55.0 Å². The van der Waals surface area contributed by atoms with Crippen LogP contribution in [0, 0.1) is 13.8 Å². The van der Waals surface area contributed by atoms with Crippen molar-refractivity contribution in [1.29, 1.82) is 0 Å². The van der Waals surface area contributed by atoms with Crippen LogP contribution in [0.3, 0.4) is 0 Å². The van der Waals surface area contributed by atoms with Gasteiger partial charge >= 0.3 is 198 Å². The van der Waals surface area contributed by atoms with Gasteiger partial charge in [0.2, 0.25) is 0 Å². The SMILES string of the molecule is Cc1cn2c([AsH]c3cc(C)[nH]n3)nc(-c3cnn(Cc4ccccc4OC(F)(F)F)c3)cc2n1. The Morgan fingerprint density at radius 2 is 1.91 bits per heavy atom. The van der Waals surface area contributed by atoms with Crippen LogP contribution in [0.25, 0.3) is 16.9 Å². The number of alkyl halides is 3. The molecule has 5 aromatic rings. The number of rotatable bonds is 6. The van der Waals surface area contributed by atoms with Crippen molar-refractivity contribution in [3.63, 3.8) is 0 Å². The minimum atomic E-state index is -4.76. The number of fused-ring (bicyclic) bond motifs is 1. The molecule has 1 atom stereocenters. The fraction of sp³-hybridized carbons (Fsp3) is 0.182. The zero-order chi connectivity index (χ0) is 23.9. The van der Waals surface area contributed by atoms with Gasteiger partial charge in [-0.05, 0) is 0 Å². The van der Waals surface area contributed by atoms with Gasteiger partial charge in [0.1, 0.15) is 0 Å². The molecule has 0 aliphatic carbocycles. The average molecular weight is 529 g/mol. The zero-order valence-electron chi connectivity index (χ0n) is 18.1. The van der Waals surface area contributed by atoms with E-state index in [1.54, 1.807) is 29.2 Å². The molecule has 0 saturated heterocycles. The Morgan fingerprint density at radius 3 is 2.68 bits per heavy atom. The van der Waals surface area contributed by atoms with Crippen LogP contribution in [-0.2, 0) is 6.54 Å². The number of benzene rings is 1. The van der Waals surface area contributed by atoms with E-state index in [0.717, 1.165) is 31.7 Å². The number of ether oxygens (including phenoxy) is 1. The Bertz CT molecular complexity index is 1470. The number of nitrogens with zero attached hydrogens (tertiary/aromatic N) is 6. The second-order valence-electron chi connectivity index (χ2n) is 7.72. The number of nitrogens with one attached hydrogen (secondary N) is 1. The maximum absolute atomic E-state index is 12.7. The fourth-order valence-corrected chi connectivity index (χ4v) is 5.88. The van der Waals surface area contributed by atoms with E-state index in [1.807, 2.05) is 36.6 Å². The van der Waals surface area contributed by atoms with Crippen molar-refractivity contribution in [2.45, 2.75) is 26.8 Å². The number of hydrogen-bond donors (Lipinski definition) is 1. The molecule has 0 saturated carbocycles. The van der Waals surface area contributed by atoms with Crippen molar-refractivity contribution in [1.82, 2.24) is 34.3 Å². The second kappa shape index (κ2) is 8.64. The quantitative estimate of drug-likeness (QED) is 0.342. The number of imidazole rings is 1. The summed E-state index contributed by atoms with van der Waals surface area (Å²) in [6.45, 7) is 3.99. The van der Waals surface area contributed by atoms with Crippen LogP contribution >= 0.6 is 0 Å². The summed E-state index contributed by atoms with van der Waals surface area (Å²) in [6, 6.07) is 9.91. The van der Waals surface area contributed by atoms with Gasteiger partial charge in [-0.15, -0.1) is 0 Å². The van der Waals surface area contributed by atoms with E-state index >= 15 is 0 Å². The van der Waals surface area contributed by atoms with Crippen LogP contribution in [0.2, 0.25) is 0 Å². The molecule has 0 amide bonds. The fourth-order valence-electron chi connectivity index (χ4n) is 3.56. The van der Waals surface area contributed by atoms with Gasteiger partial charge in [0.05, 0.1) is 0 Å². The zero-order valence-corrected chi connectivity index (χ0v) is 20.2. The molecule has 0 aliphatic rings. The summed E-state index contributed by atoms with van der Waals surface area (Å²) in [5.74, 6) is -0.249. The van der Waals surface area contributed by atoms with Crippen LogP contribution in [0.4, 0.5) is 13.2 Å². The van der Waals surface area contributed by atoms with Gasteiger partial charge in [-0.3, -0.25) is 0 Å². The summed E-state index contributed by atoms with van der Waals surface area (Å²) in [5.41, 5.74) is 4.43. The summed E-state index contributed by atoms with van der Waals surface area (Å²) in [6.07, 6.45) is 0.580. The summed E-state index contributed by atoms with van der Waals surface area (Å²) in [4.78, 5) is 9.46. The molecule has 4 aromatic heterocycles. The number of aromatic nitrogens is 7. The molecule has 174 valence electrons. The van der Waals surface area contributed by atoms with Gasteiger partial charge in [-0.25, -0.2) is 0 Å². The first kappa shape index (κ1) is 22.2. The molecule has 0 radical (unpaired) electrons. The number of hydrogen-bond acceptors (Lipinski definition) is 5. The van der Waals surface area contributed by atoms with Crippen LogP contribution in [0.1, 0.15) is 17.0 Å². The van der Waals surface area contributed by atoms with E-state index in [9.17, 15) is 13.2 Å². The third-order valence-electron chi connectivity index (χ3n) is 4.98. The van der Waals surface area contributed by atoms with Crippen molar-refractivity contribution in [2.75, 3.05) is 0 Å². The van der Waals surface area contributed by atoms with E-state index < -0.39 is 22.1 Å². The molecule has 8 nitrogen and oxygen atoms in total. The first-order chi connectivity index (χ1) is 16.2. The van der Waals surface area contributed by atoms with Gasteiger partial charge in [-0.1, -0.05) is 0 Å². The van der Waals surface area contributed by atoms with Crippen LogP contribution in [-0.4, -0.2) is 56.5 Å². The van der Waals surface area contributed by atoms with Crippen molar-refractivity contribution in [3.8, 4) is 17.0 Å². The predicted molar refractivity (Wildman–Crippen MR) is 121 cm³/mol. The molecule has 0 aliphatic heterocycles. The molecule has 1 aromatic carbocycles. The predicted octanol–water partition coefficient (Wildman–Crippen LogP) is 2.27. The summed E-state index contributed by atoms with van der Waals surface area (Å²) in [7, 11) is 0. The van der Waals surface area contributed by atoms with Gasteiger partial charge in [0, 0.05) is 0 Å². The summed E-state index contributed by atoms with van der Waals surface area (Å²) < 4.78 is 47.8. The van der Waals surface area contributed by atoms with Crippen molar-refractivity contribution >= 4 is 30.5 Å². The number of aromatic amines is 1. The van der Waals surface area contributed by atoms with Crippen molar-refractivity contribution in [3.05, 3.63) is 71.9 Å². The first-order valence-corrected chi connectivity index (χ1v) is 12.4. The Labute approximate surface area is 198 Å². The molecule has 5 rings (SSSR count). The van der Waals surface area contributed by atoms with Gasteiger partial charge in [0.25, 0.3) is 0 Å². The molecular weight excluding hydrogens is 510 g/mol. The molecule has 1 unspecified atom stereocenters. The molecule has 1 N–H and O–H groups in total. The Hall–Kier alpha value is -3.59. The number of aryl methyl sites for hydroxylation is 2. The minimum absolute atomic E-state index is 0.115. The van der Waals surface area contributed by atoms with E-state index in [4.69, 9.17) is 4.98 Å². The molecule has 0 spiro atoms. The normalized spacial score (nSPS) is 12.3. The van der Waals surface area contributed by atoms with Crippen LogP contribution < -0.4 is 13.8 Å². The molecule has 0 bridgehead atoms. The Morgan fingerprint density at radius 1 is 1.09 bits per heavy atom. The third kappa shape index (κ3) is 4.84. The van der Waals surface area contributed by atoms with Gasteiger partial charge < -0.3 is 0 Å². The summed E-state index contributed by atoms with van der Waals surface area (Å²) >= 11 is -0.842. The molecule has 0 fully saturated rings. The number of H-pyrrole nitrogens is 1. The molecule has 34 heavy (non-hydrogen) atoms. The van der Waals surface area contributed by atoms with E-state index in [2.05, 4.69) is 25.0 Å². The van der Waals surface area contributed by atoms with Crippen molar-refractivity contribution < 1.29 is 17.9 Å². The van der Waals surface area contributed by atoms with E-state index in [0.29, 0.717) is 11.3 Å². The van der Waals surface area contributed by atoms with Crippen LogP contribution in [0.5, 0.6) is 5.75 Å². The third-order valence-corrected chi connectivity index (χ3v) is 7.26. The number of halogens is 3. The molecule has 12 heteroatoms. The first-order valence-electron chi connectivity index (χ1n) is 10.3. The Balaban J connectivity index is 1.46. The average Bonchev–Trinajstić information content (AvgIpc) is 3.48. The topological polar surface area (TPSA) is 85.9 Å². The standard InChI is InChI=1S/C22H19AsF3N7O/c1-13-7-19(31-30-13)23-21-29-17(8-20-28-14(2)10-33(20)21)16-9-27-32(12-16)11-15-5-3-4-6-18(15)34-22(24,25)26/h3-10,12,23H,11H2,1-2H3,(H,30,31). The molecule has 4 heterocycles. The maximum atomic E-state index is 12.7. The monoisotopic (exact) mass is 529 g/mol.